The van der Waals surface area contributed by atoms with Crippen molar-refractivity contribution in [3.8, 4) is 0 Å². The van der Waals surface area contributed by atoms with Gasteiger partial charge in [-0.3, -0.25) is 4.90 Å². The number of nitrogens with zero attached hydrogens (tertiary/aromatic N) is 1. The highest BCUT2D eigenvalue weighted by molar-refractivity contribution is 5.85. The van der Waals surface area contributed by atoms with E-state index in [-0.39, 0.29) is 30.4 Å². The molecule has 23 heavy (non-hydrogen) atoms. The molecule has 1 atom stereocenters. The molecule has 0 aliphatic carbocycles. The molecule has 132 valence electrons. The molecule has 0 saturated carbocycles. The van der Waals surface area contributed by atoms with E-state index >= 15 is 0 Å². The molecule has 8 heteroatoms. The minimum Gasteiger partial charge on any atom is -0.314 e. The van der Waals surface area contributed by atoms with Gasteiger partial charge in [-0.2, -0.15) is 13.2 Å². The number of nitrogens with one attached hydrogen (secondary N) is 1. The average Bonchev–Trinajstić information content (AvgIpc) is 2.44. The maximum absolute atomic E-state index is 13.5. The third kappa shape index (κ3) is 5.64. The summed E-state index contributed by atoms with van der Waals surface area (Å²) in [6, 6.07) is 2.17. The molecule has 1 aliphatic heterocycles. The second-order valence-electron chi connectivity index (χ2n) is 5.06. The van der Waals surface area contributed by atoms with Crippen LogP contribution in [0.5, 0.6) is 0 Å². The first-order valence-electron chi connectivity index (χ1n) is 6.86. The Balaban J connectivity index is 0.00000242. The van der Waals surface area contributed by atoms with E-state index in [1.165, 1.54) is 0 Å². The quantitative estimate of drug-likeness (QED) is 0.627. The molecule has 1 N–H and O–H groups in total. The number of alkyl halides is 3. The van der Waals surface area contributed by atoms with E-state index in [9.17, 15) is 17.6 Å². The van der Waals surface area contributed by atoms with Crippen LogP contribution in [0.1, 0.15) is 23.6 Å². The zero-order valence-corrected chi connectivity index (χ0v) is 14.0. The van der Waals surface area contributed by atoms with Crippen molar-refractivity contribution in [2.45, 2.75) is 18.6 Å². The van der Waals surface area contributed by atoms with E-state index in [4.69, 9.17) is 0 Å². The van der Waals surface area contributed by atoms with E-state index in [1.54, 1.807) is 6.08 Å². The van der Waals surface area contributed by atoms with Gasteiger partial charge >= 0.3 is 6.18 Å². The lowest BCUT2D eigenvalue weighted by atomic mass is 9.95. The Bertz CT molecular complexity index is 503. The third-order valence-electron chi connectivity index (χ3n) is 3.66. The number of hydrogen-bond donors (Lipinski definition) is 1. The Labute approximate surface area is 145 Å². The lowest BCUT2D eigenvalue weighted by Gasteiger charge is -2.35. The highest BCUT2D eigenvalue weighted by Gasteiger charge is 2.36. The van der Waals surface area contributed by atoms with Crippen LogP contribution in [0.15, 0.2) is 30.9 Å². The molecule has 0 spiro atoms. The zero-order valence-electron chi connectivity index (χ0n) is 12.4. The summed E-state index contributed by atoms with van der Waals surface area (Å²) in [5.41, 5.74) is -0.779. The molecule has 0 aromatic heterocycles. The Morgan fingerprint density at radius 2 is 1.83 bits per heavy atom. The van der Waals surface area contributed by atoms with Gasteiger partial charge in [0.2, 0.25) is 0 Å². The van der Waals surface area contributed by atoms with Crippen molar-refractivity contribution in [3.05, 3.63) is 47.8 Å². The third-order valence-corrected chi connectivity index (χ3v) is 3.66. The normalized spacial score (nSPS) is 16.9. The fourth-order valence-corrected chi connectivity index (χ4v) is 2.69. The van der Waals surface area contributed by atoms with Crippen molar-refractivity contribution in [1.82, 2.24) is 10.2 Å². The van der Waals surface area contributed by atoms with Crippen molar-refractivity contribution in [2.24, 2.45) is 0 Å². The molecular formula is C15H20Cl2F4N2. The van der Waals surface area contributed by atoms with Crippen LogP contribution in [0.3, 0.4) is 0 Å². The predicted molar refractivity (Wildman–Crippen MR) is 87.9 cm³/mol. The van der Waals surface area contributed by atoms with Gasteiger partial charge in [-0.15, -0.1) is 31.4 Å². The van der Waals surface area contributed by atoms with Gasteiger partial charge < -0.3 is 5.32 Å². The molecule has 0 bridgehead atoms. The van der Waals surface area contributed by atoms with Crippen molar-refractivity contribution in [2.75, 3.05) is 26.2 Å². The summed E-state index contributed by atoms with van der Waals surface area (Å²) in [6.07, 6.45) is -2.55. The van der Waals surface area contributed by atoms with E-state index < -0.39 is 23.6 Å². The van der Waals surface area contributed by atoms with Crippen molar-refractivity contribution in [3.63, 3.8) is 0 Å². The van der Waals surface area contributed by atoms with Gasteiger partial charge in [0.1, 0.15) is 5.82 Å². The topological polar surface area (TPSA) is 15.3 Å². The molecule has 0 amide bonds. The number of rotatable bonds is 4. The summed E-state index contributed by atoms with van der Waals surface area (Å²) in [5.74, 6) is -0.651. The summed E-state index contributed by atoms with van der Waals surface area (Å²) < 4.78 is 53.0. The highest BCUT2D eigenvalue weighted by atomic mass is 35.5. The fourth-order valence-electron chi connectivity index (χ4n) is 2.69. The van der Waals surface area contributed by atoms with Gasteiger partial charge in [-0.1, -0.05) is 6.08 Å². The Hall–Kier alpha value is -0.820. The minimum atomic E-state index is -4.49. The summed E-state index contributed by atoms with van der Waals surface area (Å²) >= 11 is 0. The van der Waals surface area contributed by atoms with E-state index in [0.717, 1.165) is 18.2 Å². The smallest absolute Gasteiger partial charge is 0.314 e. The predicted octanol–water partition coefficient (Wildman–Crippen LogP) is 4.21. The zero-order chi connectivity index (χ0) is 15.5. The standard InChI is InChI=1S/C15H18F4N2.2ClH/c1-2-3-14(21-8-6-20-7-9-21)12-10-11(16)4-5-13(12)15(17,18)19;;/h2,4-5,10,14,20H,1,3,6-9H2;2*1H/t14-;;/m1../s1. The molecular weight excluding hydrogens is 355 g/mol. The summed E-state index contributed by atoms with van der Waals surface area (Å²) in [4.78, 5) is 1.95. The second kappa shape index (κ2) is 9.47. The van der Waals surface area contributed by atoms with Crippen molar-refractivity contribution >= 4 is 24.8 Å². The highest BCUT2D eigenvalue weighted by Crippen LogP contribution is 2.38. The van der Waals surface area contributed by atoms with E-state index in [0.29, 0.717) is 32.6 Å². The van der Waals surface area contributed by atoms with Gasteiger partial charge in [0.15, 0.2) is 0 Å². The van der Waals surface area contributed by atoms with Crippen molar-refractivity contribution < 1.29 is 17.6 Å². The minimum absolute atomic E-state index is 0. The molecule has 1 aliphatic rings. The van der Waals surface area contributed by atoms with Crippen LogP contribution in [0, 0.1) is 5.82 Å². The van der Waals surface area contributed by atoms with Crippen LogP contribution in [-0.2, 0) is 6.18 Å². The second-order valence-corrected chi connectivity index (χ2v) is 5.06. The van der Waals surface area contributed by atoms with Gasteiger partial charge in [-0.25, -0.2) is 4.39 Å². The summed E-state index contributed by atoms with van der Waals surface area (Å²) in [6.45, 7) is 6.31. The SMILES string of the molecule is C=CC[C@H](c1cc(F)ccc1C(F)(F)F)N1CCNCC1.Cl.Cl. The van der Waals surface area contributed by atoms with Crippen LogP contribution in [0.2, 0.25) is 0 Å². The average molecular weight is 375 g/mol. The van der Waals surface area contributed by atoms with Crippen LogP contribution in [0.4, 0.5) is 17.6 Å². The molecule has 2 rings (SSSR count). The van der Waals surface area contributed by atoms with Gasteiger partial charge in [0.05, 0.1) is 5.56 Å². The first-order valence-corrected chi connectivity index (χ1v) is 6.86. The molecule has 2 nitrogen and oxygen atoms in total. The van der Waals surface area contributed by atoms with Crippen LogP contribution < -0.4 is 5.32 Å². The van der Waals surface area contributed by atoms with Crippen LogP contribution >= 0.6 is 24.8 Å². The lowest BCUT2D eigenvalue weighted by Crippen LogP contribution is -2.45. The monoisotopic (exact) mass is 374 g/mol. The number of benzene rings is 1. The van der Waals surface area contributed by atoms with Crippen LogP contribution in [-0.4, -0.2) is 31.1 Å². The Kier molecular flexibility index (Phi) is 9.13. The Morgan fingerprint density at radius 3 is 2.35 bits per heavy atom. The first-order chi connectivity index (χ1) is 9.93. The summed E-state index contributed by atoms with van der Waals surface area (Å²) in [5, 5.41) is 3.16. The van der Waals surface area contributed by atoms with Crippen LogP contribution in [0.25, 0.3) is 0 Å². The molecule has 0 radical (unpaired) electrons. The maximum Gasteiger partial charge on any atom is 0.416 e. The number of hydrogen-bond acceptors (Lipinski definition) is 2. The van der Waals surface area contributed by atoms with Crippen molar-refractivity contribution in [1.29, 1.82) is 0 Å². The molecule has 0 unspecified atom stereocenters. The molecule has 1 aromatic carbocycles. The van der Waals surface area contributed by atoms with Gasteiger partial charge in [-0.05, 0) is 30.2 Å². The molecule has 1 heterocycles. The number of piperazine rings is 1. The number of halogens is 6. The Morgan fingerprint density at radius 1 is 1.22 bits per heavy atom. The largest absolute Gasteiger partial charge is 0.416 e. The summed E-state index contributed by atoms with van der Waals surface area (Å²) in [7, 11) is 0. The van der Waals surface area contributed by atoms with Gasteiger partial charge in [0.25, 0.3) is 0 Å². The van der Waals surface area contributed by atoms with E-state index in [1.807, 2.05) is 4.90 Å². The van der Waals surface area contributed by atoms with Gasteiger partial charge in [0, 0.05) is 32.2 Å². The maximum atomic E-state index is 13.5. The molecule has 1 aromatic rings. The fraction of sp³-hybridized carbons (Fsp3) is 0.467. The molecule has 1 fully saturated rings. The lowest BCUT2D eigenvalue weighted by molar-refractivity contribution is -0.138. The van der Waals surface area contributed by atoms with E-state index in [2.05, 4.69) is 11.9 Å². The molecule has 1 saturated heterocycles. The first kappa shape index (κ1) is 22.2.